The van der Waals surface area contributed by atoms with Crippen LogP contribution in [0, 0.1) is 17.1 Å². The zero-order valence-electron chi connectivity index (χ0n) is 14.3. The second-order valence-corrected chi connectivity index (χ2v) is 6.29. The van der Waals surface area contributed by atoms with E-state index < -0.39 is 5.82 Å². The van der Waals surface area contributed by atoms with E-state index in [0.717, 1.165) is 0 Å². The molecule has 1 aromatic heterocycles. The number of aryl methyl sites for hydroxylation is 2. The van der Waals surface area contributed by atoms with E-state index in [0.29, 0.717) is 29.3 Å². The van der Waals surface area contributed by atoms with Crippen molar-refractivity contribution in [2.45, 2.75) is 12.8 Å². The molecule has 3 rings (SSSR count). The van der Waals surface area contributed by atoms with Crippen molar-refractivity contribution in [3.05, 3.63) is 68.6 Å². The van der Waals surface area contributed by atoms with Gasteiger partial charge in [0.15, 0.2) is 11.6 Å². The molecule has 0 fully saturated rings. The Bertz CT molecular complexity index is 1100. The van der Waals surface area contributed by atoms with Gasteiger partial charge in [0.05, 0.1) is 11.6 Å². The smallest absolute Gasteiger partial charge is 0.343 e. The van der Waals surface area contributed by atoms with Crippen molar-refractivity contribution >= 4 is 24.9 Å². The highest BCUT2D eigenvalue weighted by Gasteiger charge is 2.16. The summed E-state index contributed by atoms with van der Waals surface area (Å²) in [5, 5.41) is 15.6. The molecule has 6 nitrogen and oxygen atoms in total. The third-order valence-electron chi connectivity index (χ3n) is 4.02. The van der Waals surface area contributed by atoms with Crippen LogP contribution >= 0.6 is 11.6 Å². The van der Waals surface area contributed by atoms with Gasteiger partial charge in [-0.25, -0.2) is 14.3 Å². The Kier molecular flexibility index (Phi) is 5.33. The van der Waals surface area contributed by atoms with Crippen LogP contribution in [0.2, 0.25) is 5.02 Å². The van der Waals surface area contributed by atoms with Crippen LogP contribution in [-0.4, -0.2) is 22.6 Å². The van der Waals surface area contributed by atoms with Crippen molar-refractivity contribution in [1.29, 1.82) is 5.26 Å². The van der Waals surface area contributed by atoms with Gasteiger partial charge >= 0.3 is 5.69 Å². The molecule has 1 heterocycles. The molecular weight excluding hydrogens is 369 g/mol. The largest absolute Gasteiger partial charge is 0.454 e. The summed E-state index contributed by atoms with van der Waals surface area (Å²) < 4.78 is 21.7. The van der Waals surface area contributed by atoms with Crippen LogP contribution < -0.4 is 15.9 Å². The van der Waals surface area contributed by atoms with Crippen LogP contribution in [0.15, 0.2) is 35.1 Å². The standard InChI is InChI=1S/C18H13BClFN4O2/c1-25-15(23-24-18(25)26)5-3-11-2-4-14(19)16(21)17(11)27-13-7-10(9-22)6-12(20)8-13/h2,4,6-8H,3,5H2,1H3,(H,24,26). The molecule has 0 bridgehead atoms. The van der Waals surface area contributed by atoms with Crippen molar-refractivity contribution in [1.82, 2.24) is 14.8 Å². The van der Waals surface area contributed by atoms with E-state index in [1.54, 1.807) is 13.1 Å². The zero-order chi connectivity index (χ0) is 19.6. The van der Waals surface area contributed by atoms with Crippen LogP contribution in [0.5, 0.6) is 11.5 Å². The highest BCUT2D eigenvalue weighted by atomic mass is 35.5. The Morgan fingerprint density at radius 2 is 2.15 bits per heavy atom. The molecule has 0 amide bonds. The lowest BCUT2D eigenvalue weighted by Gasteiger charge is -2.14. The lowest BCUT2D eigenvalue weighted by molar-refractivity contribution is 0.438. The highest BCUT2D eigenvalue weighted by Crippen LogP contribution is 2.30. The van der Waals surface area contributed by atoms with Crippen molar-refractivity contribution in [2.75, 3.05) is 0 Å². The van der Waals surface area contributed by atoms with Crippen LogP contribution in [0.3, 0.4) is 0 Å². The van der Waals surface area contributed by atoms with Gasteiger partial charge in [-0.05, 0) is 30.2 Å². The molecule has 0 aliphatic rings. The fourth-order valence-electron chi connectivity index (χ4n) is 2.57. The maximum Gasteiger partial charge on any atom is 0.343 e. The van der Waals surface area contributed by atoms with Crippen molar-refractivity contribution in [2.24, 2.45) is 7.05 Å². The van der Waals surface area contributed by atoms with Crippen molar-refractivity contribution < 1.29 is 9.13 Å². The fraction of sp³-hybridized carbons (Fsp3) is 0.167. The van der Waals surface area contributed by atoms with E-state index in [1.165, 1.54) is 28.8 Å². The maximum absolute atomic E-state index is 14.6. The second kappa shape index (κ2) is 7.68. The number of hydrogen-bond acceptors (Lipinski definition) is 4. The molecule has 0 saturated heterocycles. The fourth-order valence-corrected chi connectivity index (χ4v) is 2.80. The molecular formula is C18H13BClFN4O2. The predicted molar refractivity (Wildman–Crippen MR) is 99.3 cm³/mol. The van der Waals surface area contributed by atoms with Crippen LogP contribution in [0.1, 0.15) is 17.0 Å². The third kappa shape index (κ3) is 4.04. The summed E-state index contributed by atoms with van der Waals surface area (Å²) in [6.45, 7) is 0. The first kappa shape index (κ1) is 18.7. The normalized spacial score (nSPS) is 10.6. The molecule has 0 unspecified atom stereocenters. The summed E-state index contributed by atoms with van der Waals surface area (Å²) in [6.07, 6.45) is 0.740. The van der Waals surface area contributed by atoms with Crippen LogP contribution in [0.25, 0.3) is 0 Å². The van der Waals surface area contributed by atoms with Gasteiger partial charge in [0.1, 0.15) is 19.4 Å². The molecule has 27 heavy (non-hydrogen) atoms. The number of halogens is 2. The van der Waals surface area contributed by atoms with Crippen molar-refractivity contribution in [3.63, 3.8) is 0 Å². The number of hydrogen-bond donors (Lipinski definition) is 1. The summed E-state index contributed by atoms with van der Waals surface area (Å²) in [5.74, 6) is -0.0155. The van der Waals surface area contributed by atoms with Gasteiger partial charge in [-0.2, -0.15) is 10.4 Å². The number of rotatable bonds is 5. The van der Waals surface area contributed by atoms with E-state index in [-0.39, 0.29) is 28.2 Å². The van der Waals surface area contributed by atoms with Gasteiger partial charge in [-0.15, -0.1) is 0 Å². The Balaban J connectivity index is 1.93. The molecule has 3 aromatic rings. The number of H-pyrrole nitrogens is 1. The van der Waals surface area contributed by atoms with Gasteiger partial charge in [0.2, 0.25) is 0 Å². The molecule has 2 aromatic carbocycles. The van der Waals surface area contributed by atoms with Gasteiger partial charge in [-0.1, -0.05) is 29.2 Å². The second-order valence-electron chi connectivity index (χ2n) is 5.85. The lowest BCUT2D eigenvalue weighted by atomic mass is 9.92. The monoisotopic (exact) mass is 382 g/mol. The first-order valence-corrected chi connectivity index (χ1v) is 8.32. The summed E-state index contributed by atoms with van der Waals surface area (Å²) >= 11 is 5.97. The molecule has 9 heteroatoms. The topological polar surface area (TPSA) is 83.7 Å². The minimum absolute atomic E-state index is 0.0540. The van der Waals surface area contributed by atoms with E-state index in [2.05, 4.69) is 10.2 Å². The van der Waals surface area contributed by atoms with Gasteiger partial charge < -0.3 is 4.74 Å². The number of nitriles is 1. The summed E-state index contributed by atoms with van der Waals surface area (Å²) in [7, 11) is 7.26. The lowest BCUT2D eigenvalue weighted by Crippen LogP contribution is -2.15. The quantitative estimate of drug-likeness (QED) is 0.685. The first-order chi connectivity index (χ1) is 12.9. The first-order valence-electron chi connectivity index (χ1n) is 7.94. The molecule has 2 radical (unpaired) electrons. The van der Waals surface area contributed by atoms with E-state index in [4.69, 9.17) is 29.4 Å². The zero-order valence-corrected chi connectivity index (χ0v) is 15.0. The molecule has 134 valence electrons. The minimum Gasteiger partial charge on any atom is -0.454 e. The van der Waals surface area contributed by atoms with E-state index in [1.807, 2.05) is 6.07 Å². The Hall–Kier alpha value is -3.05. The Labute approximate surface area is 160 Å². The summed E-state index contributed by atoms with van der Waals surface area (Å²) in [6, 6.07) is 9.46. The average molecular weight is 383 g/mol. The van der Waals surface area contributed by atoms with Gasteiger partial charge in [-0.3, -0.25) is 4.57 Å². The SMILES string of the molecule is [B]c1ccc(CCc2n[nH]c(=O)n2C)c(Oc2cc(Cl)cc(C#N)c2)c1F. The number of aromatic amines is 1. The van der Waals surface area contributed by atoms with E-state index in [9.17, 15) is 9.18 Å². The van der Waals surface area contributed by atoms with Crippen LogP contribution in [0.4, 0.5) is 4.39 Å². The Morgan fingerprint density at radius 1 is 1.37 bits per heavy atom. The molecule has 0 saturated carbocycles. The maximum atomic E-state index is 14.6. The third-order valence-corrected chi connectivity index (χ3v) is 4.24. The summed E-state index contributed by atoms with van der Waals surface area (Å²) in [4.78, 5) is 11.5. The highest BCUT2D eigenvalue weighted by molar-refractivity contribution is 6.32. The van der Waals surface area contributed by atoms with Crippen molar-refractivity contribution in [3.8, 4) is 17.6 Å². The number of nitrogens with zero attached hydrogens (tertiary/aromatic N) is 3. The molecule has 0 aliphatic heterocycles. The average Bonchev–Trinajstić information content (AvgIpc) is 2.96. The van der Waals surface area contributed by atoms with Crippen LogP contribution in [-0.2, 0) is 19.9 Å². The number of aromatic nitrogens is 3. The van der Waals surface area contributed by atoms with E-state index >= 15 is 0 Å². The predicted octanol–water partition coefficient (Wildman–Crippen LogP) is 2.14. The molecule has 0 spiro atoms. The minimum atomic E-state index is -0.707. The molecule has 1 N–H and O–H groups in total. The Morgan fingerprint density at radius 3 is 2.81 bits per heavy atom. The summed E-state index contributed by atoms with van der Waals surface area (Å²) in [5.41, 5.74) is 0.432. The molecule has 0 atom stereocenters. The number of ether oxygens (including phenoxy) is 1. The number of benzene rings is 2. The van der Waals surface area contributed by atoms with Gasteiger partial charge in [0.25, 0.3) is 0 Å². The van der Waals surface area contributed by atoms with Gasteiger partial charge in [0, 0.05) is 18.5 Å². The number of nitrogens with one attached hydrogen (secondary N) is 1. The molecule has 0 aliphatic carbocycles.